The van der Waals surface area contributed by atoms with Crippen LogP contribution in [0, 0.1) is 11.8 Å². The molecule has 2 unspecified atom stereocenters. The Balaban J connectivity index is 2.07. The van der Waals surface area contributed by atoms with E-state index in [4.69, 9.17) is 28.3 Å². The molecule has 0 aliphatic heterocycles. The van der Waals surface area contributed by atoms with Gasteiger partial charge >= 0.3 is 5.97 Å². The zero-order valence-corrected chi connectivity index (χ0v) is 13.4. The molecular weight excluding hydrogens is 337 g/mol. The van der Waals surface area contributed by atoms with Gasteiger partial charge in [-0.1, -0.05) is 29.6 Å². The molecule has 0 bridgehead atoms. The predicted molar refractivity (Wildman–Crippen MR) is 80.1 cm³/mol. The summed E-state index contributed by atoms with van der Waals surface area (Å²) in [6.45, 7) is 0.111. The maximum Gasteiger partial charge on any atom is 0.306 e. The van der Waals surface area contributed by atoms with Gasteiger partial charge in [-0.15, -0.1) is 0 Å². The standard InChI is InChI=1S/C13H15Cl2NO4S/c14-11-5-4-9(6-12(11)15)21(19,20)16-7-8-2-1-3-10(8)13(17)18/h4-6,8,10,16H,1-3,7H2,(H,17,18). The van der Waals surface area contributed by atoms with Crippen LogP contribution in [-0.4, -0.2) is 26.0 Å². The van der Waals surface area contributed by atoms with Crippen molar-refractivity contribution in [3.05, 3.63) is 28.2 Å². The topological polar surface area (TPSA) is 83.5 Å². The molecule has 2 atom stereocenters. The number of nitrogens with one attached hydrogen (secondary N) is 1. The van der Waals surface area contributed by atoms with Gasteiger partial charge in [-0.25, -0.2) is 13.1 Å². The van der Waals surface area contributed by atoms with E-state index in [1.807, 2.05) is 0 Å². The molecule has 0 spiro atoms. The molecule has 1 aliphatic carbocycles. The molecule has 116 valence electrons. The molecule has 1 aromatic rings. The van der Waals surface area contributed by atoms with E-state index in [2.05, 4.69) is 4.72 Å². The molecule has 0 aromatic heterocycles. The van der Waals surface area contributed by atoms with Crippen molar-refractivity contribution >= 4 is 39.2 Å². The summed E-state index contributed by atoms with van der Waals surface area (Å²) in [6.07, 6.45) is 2.10. The number of carbonyl (C=O) groups is 1. The van der Waals surface area contributed by atoms with Crippen molar-refractivity contribution in [2.24, 2.45) is 11.8 Å². The van der Waals surface area contributed by atoms with Crippen LogP contribution < -0.4 is 4.72 Å². The Kier molecular flexibility index (Phi) is 5.14. The van der Waals surface area contributed by atoms with Crippen molar-refractivity contribution < 1.29 is 18.3 Å². The fourth-order valence-electron chi connectivity index (χ4n) is 2.55. The Bertz CT molecular complexity index is 648. The molecule has 2 N–H and O–H groups in total. The number of carboxylic acid groups (broad SMARTS) is 1. The van der Waals surface area contributed by atoms with Crippen LogP contribution in [0.5, 0.6) is 0 Å². The summed E-state index contributed by atoms with van der Waals surface area (Å²) in [5.74, 6) is -1.53. The van der Waals surface area contributed by atoms with Gasteiger partial charge in [0.2, 0.25) is 10.0 Å². The third-order valence-corrected chi connectivity index (χ3v) is 5.87. The summed E-state index contributed by atoms with van der Waals surface area (Å²) >= 11 is 11.6. The molecule has 21 heavy (non-hydrogen) atoms. The van der Waals surface area contributed by atoms with Gasteiger partial charge in [-0.3, -0.25) is 4.79 Å². The van der Waals surface area contributed by atoms with E-state index in [9.17, 15) is 13.2 Å². The molecule has 0 radical (unpaired) electrons. The first-order chi connectivity index (χ1) is 9.81. The van der Waals surface area contributed by atoms with Crippen LogP contribution in [-0.2, 0) is 14.8 Å². The van der Waals surface area contributed by atoms with Crippen LogP contribution >= 0.6 is 23.2 Å². The highest BCUT2D eigenvalue weighted by atomic mass is 35.5. The first kappa shape index (κ1) is 16.5. The second kappa shape index (κ2) is 6.52. The zero-order valence-electron chi connectivity index (χ0n) is 11.1. The highest BCUT2D eigenvalue weighted by Crippen LogP contribution is 2.32. The first-order valence-electron chi connectivity index (χ1n) is 6.49. The second-order valence-electron chi connectivity index (χ2n) is 5.06. The number of sulfonamides is 1. The Morgan fingerprint density at radius 2 is 2.00 bits per heavy atom. The summed E-state index contributed by atoms with van der Waals surface area (Å²) in [5, 5.41) is 9.52. The smallest absolute Gasteiger partial charge is 0.306 e. The monoisotopic (exact) mass is 351 g/mol. The van der Waals surface area contributed by atoms with Crippen LogP contribution in [0.4, 0.5) is 0 Å². The first-order valence-corrected chi connectivity index (χ1v) is 8.72. The number of rotatable bonds is 5. The Hall–Kier alpha value is -0.820. The number of halogens is 2. The van der Waals surface area contributed by atoms with E-state index < -0.39 is 21.9 Å². The summed E-state index contributed by atoms with van der Waals surface area (Å²) < 4.78 is 26.8. The molecule has 1 fully saturated rings. The van der Waals surface area contributed by atoms with Gasteiger partial charge in [-0.05, 0) is 37.0 Å². The van der Waals surface area contributed by atoms with E-state index in [0.29, 0.717) is 12.8 Å². The molecule has 0 amide bonds. The second-order valence-corrected chi connectivity index (χ2v) is 7.64. The van der Waals surface area contributed by atoms with E-state index in [1.54, 1.807) is 0 Å². The van der Waals surface area contributed by atoms with Gasteiger partial charge in [-0.2, -0.15) is 0 Å². The zero-order chi connectivity index (χ0) is 15.6. The lowest BCUT2D eigenvalue weighted by Gasteiger charge is -2.16. The number of carboxylic acids is 1. The molecule has 1 saturated carbocycles. The van der Waals surface area contributed by atoms with Crippen LogP contribution in [0.25, 0.3) is 0 Å². The largest absolute Gasteiger partial charge is 0.481 e. The minimum atomic E-state index is -3.72. The highest BCUT2D eigenvalue weighted by molar-refractivity contribution is 7.89. The highest BCUT2D eigenvalue weighted by Gasteiger charge is 2.33. The van der Waals surface area contributed by atoms with Crippen molar-refractivity contribution in [3.8, 4) is 0 Å². The molecule has 8 heteroatoms. The van der Waals surface area contributed by atoms with Crippen molar-refractivity contribution in [2.75, 3.05) is 6.54 Å². The maximum absolute atomic E-state index is 12.2. The van der Waals surface area contributed by atoms with Gasteiger partial charge in [0.25, 0.3) is 0 Å². The van der Waals surface area contributed by atoms with Crippen LogP contribution in [0.15, 0.2) is 23.1 Å². The van der Waals surface area contributed by atoms with Crippen molar-refractivity contribution in [2.45, 2.75) is 24.2 Å². The lowest BCUT2D eigenvalue weighted by molar-refractivity contribution is -0.142. The summed E-state index contributed by atoms with van der Waals surface area (Å²) in [6, 6.07) is 4.05. The minimum Gasteiger partial charge on any atom is -0.481 e. The summed E-state index contributed by atoms with van der Waals surface area (Å²) in [4.78, 5) is 11.1. The molecular formula is C13H15Cl2NO4S. The third kappa shape index (κ3) is 3.88. The predicted octanol–water partition coefficient (Wildman–Crippen LogP) is 2.77. The van der Waals surface area contributed by atoms with Gasteiger partial charge in [0.1, 0.15) is 0 Å². The number of hydrogen-bond acceptors (Lipinski definition) is 3. The van der Waals surface area contributed by atoms with Crippen LogP contribution in [0.2, 0.25) is 10.0 Å². The Morgan fingerprint density at radius 3 is 2.62 bits per heavy atom. The average molecular weight is 352 g/mol. The van der Waals surface area contributed by atoms with Gasteiger partial charge in [0.05, 0.1) is 20.9 Å². The lowest BCUT2D eigenvalue weighted by atomic mass is 9.97. The molecule has 1 aliphatic rings. The maximum atomic E-state index is 12.2. The number of aliphatic carboxylic acids is 1. The SMILES string of the molecule is O=C(O)C1CCCC1CNS(=O)(=O)c1ccc(Cl)c(Cl)c1. The normalized spacial score (nSPS) is 22.4. The van der Waals surface area contributed by atoms with Gasteiger partial charge in [0, 0.05) is 6.54 Å². The third-order valence-electron chi connectivity index (χ3n) is 3.71. The number of hydrogen-bond donors (Lipinski definition) is 2. The van der Waals surface area contributed by atoms with E-state index in [-0.39, 0.29) is 27.4 Å². The summed E-state index contributed by atoms with van der Waals surface area (Å²) in [5.41, 5.74) is 0. The summed E-state index contributed by atoms with van der Waals surface area (Å²) in [7, 11) is -3.72. The quantitative estimate of drug-likeness (QED) is 0.854. The van der Waals surface area contributed by atoms with E-state index in [0.717, 1.165) is 6.42 Å². The van der Waals surface area contributed by atoms with Gasteiger partial charge < -0.3 is 5.11 Å². The Labute approximate surface area is 133 Å². The van der Waals surface area contributed by atoms with Gasteiger partial charge in [0.15, 0.2) is 0 Å². The van der Waals surface area contributed by atoms with Crippen LogP contribution in [0.1, 0.15) is 19.3 Å². The number of benzene rings is 1. The fourth-order valence-corrected chi connectivity index (χ4v) is 4.03. The molecule has 1 aromatic carbocycles. The van der Waals surface area contributed by atoms with Crippen LogP contribution in [0.3, 0.4) is 0 Å². The molecule has 0 saturated heterocycles. The molecule has 2 rings (SSSR count). The fraction of sp³-hybridized carbons (Fsp3) is 0.462. The van der Waals surface area contributed by atoms with Crippen molar-refractivity contribution in [1.82, 2.24) is 4.72 Å². The average Bonchev–Trinajstić information content (AvgIpc) is 2.88. The Morgan fingerprint density at radius 1 is 1.29 bits per heavy atom. The van der Waals surface area contributed by atoms with E-state index >= 15 is 0 Å². The minimum absolute atomic E-state index is 0.0155. The molecule has 5 nitrogen and oxygen atoms in total. The van der Waals surface area contributed by atoms with Crippen molar-refractivity contribution in [1.29, 1.82) is 0 Å². The molecule has 0 heterocycles. The van der Waals surface area contributed by atoms with E-state index in [1.165, 1.54) is 18.2 Å². The lowest BCUT2D eigenvalue weighted by Crippen LogP contribution is -2.33. The van der Waals surface area contributed by atoms with Crippen molar-refractivity contribution in [3.63, 3.8) is 0 Å².